The summed E-state index contributed by atoms with van der Waals surface area (Å²) in [5.74, 6) is 0.169. The number of carbonyl (C=O) groups excluding carboxylic acids is 2. The molecule has 1 aliphatic rings. The molecule has 12 heteroatoms. The van der Waals surface area contributed by atoms with Crippen LogP contribution >= 0.6 is 15.9 Å². The molecule has 0 aliphatic carbocycles. The van der Waals surface area contributed by atoms with Gasteiger partial charge in [-0.05, 0) is 73.0 Å². The molecule has 11 nitrogen and oxygen atoms in total. The van der Waals surface area contributed by atoms with Crippen LogP contribution in [0.25, 0.3) is 28.2 Å². The van der Waals surface area contributed by atoms with E-state index in [2.05, 4.69) is 84.1 Å². The highest BCUT2D eigenvalue weighted by molar-refractivity contribution is 9.10. The van der Waals surface area contributed by atoms with Gasteiger partial charge in [0, 0.05) is 21.4 Å². The van der Waals surface area contributed by atoms with Crippen LogP contribution in [0.3, 0.4) is 0 Å². The quantitative estimate of drug-likeness (QED) is 0.0435. The van der Waals surface area contributed by atoms with Crippen LogP contribution in [-0.2, 0) is 9.53 Å². The number of hydrogen-bond donors (Lipinski definition) is 4. The molecule has 1 aromatic heterocycles. The molecule has 0 radical (unpaired) electrons. The average Bonchev–Trinajstić information content (AvgIpc) is 3.54. The molecule has 4 aromatic carbocycles. The molecule has 2 atom stereocenters. The van der Waals surface area contributed by atoms with Gasteiger partial charge in [0.1, 0.15) is 6.61 Å². The highest BCUT2D eigenvalue weighted by Gasteiger charge is 2.32. The highest BCUT2D eigenvalue weighted by atomic mass is 79.9. The zero-order valence-electron chi connectivity index (χ0n) is 28.8. The number of carbonyl (C=O) groups is 2. The lowest BCUT2D eigenvalue weighted by Gasteiger charge is -2.28. The van der Waals surface area contributed by atoms with Gasteiger partial charge in [-0.2, -0.15) is 5.10 Å². The zero-order valence-corrected chi connectivity index (χ0v) is 30.4. The topological polar surface area (TPSA) is 135 Å². The van der Waals surface area contributed by atoms with E-state index in [1.165, 1.54) is 7.11 Å². The maximum Gasteiger partial charge on any atom is 0.337 e. The molecule has 52 heavy (non-hydrogen) atoms. The van der Waals surface area contributed by atoms with E-state index in [4.69, 9.17) is 14.2 Å². The molecular formula is C40H38BrN5O6. The number of aromatic nitrogens is 1. The Morgan fingerprint density at radius 1 is 0.962 bits per heavy atom. The van der Waals surface area contributed by atoms with Crippen molar-refractivity contribution in [3.05, 3.63) is 136 Å². The number of allylic oxidation sites excluding steroid dienone is 1. The summed E-state index contributed by atoms with van der Waals surface area (Å²) in [5.41, 5.74) is 9.80. The first kappa shape index (κ1) is 36.0. The molecule has 5 aromatic rings. The van der Waals surface area contributed by atoms with Gasteiger partial charge < -0.3 is 34.5 Å². The summed E-state index contributed by atoms with van der Waals surface area (Å²) in [6, 6.07) is 34.3. The molecule has 2 amide bonds. The zero-order chi connectivity index (χ0) is 36.6. The van der Waals surface area contributed by atoms with E-state index < -0.39 is 24.3 Å². The van der Waals surface area contributed by atoms with Crippen LogP contribution in [0.4, 0.5) is 4.79 Å². The summed E-state index contributed by atoms with van der Waals surface area (Å²) in [4.78, 5) is 24.9. The van der Waals surface area contributed by atoms with Gasteiger partial charge in [-0.3, -0.25) is 5.43 Å². The minimum absolute atomic E-state index is 0.159. The largest absolute Gasteiger partial charge is 0.490 e. The second-order valence-corrected chi connectivity index (χ2v) is 12.7. The number of ether oxygens (including phenoxy) is 3. The normalized spacial score (nSPS) is 14.8. The maximum absolute atomic E-state index is 12.6. The number of benzene rings is 4. The highest BCUT2D eigenvalue weighted by Crippen LogP contribution is 2.37. The van der Waals surface area contributed by atoms with Gasteiger partial charge in [-0.1, -0.05) is 82.7 Å². The minimum atomic E-state index is -1.17. The first-order valence-electron chi connectivity index (χ1n) is 16.6. The SMILES string of the molecule is CCOc1cc([C@@H]2NC(=O)NC(C)=C2C(=O)OC)ccc1OC[C@@H](O)N/N=C/c1cc(-c2ccccc2)n(-c2ccc(Br)cc2)c1-c1ccccc1. The molecule has 0 fully saturated rings. The van der Waals surface area contributed by atoms with E-state index in [1.54, 1.807) is 31.3 Å². The Morgan fingerprint density at radius 3 is 2.33 bits per heavy atom. The van der Waals surface area contributed by atoms with Crippen LogP contribution in [0.2, 0.25) is 0 Å². The van der Waals surface area contributed by atoms with E-state index in [0.717, 1.165) is 38.2 Å². The average molecular weight is 765 g/mol. The van der Waals surface area contributed by atoms with Gasteiger partial charge in [0.05, 0.1) is 42.9 Å². The Balaban J connectivity index is 1.24. The number of urea groups is 1. The number of nitrogens with zero attached hydrogens (tertiary/aromatic N) is 2. The Hall–Kier alpha value is -5.85. The van der Waals surface area contributed by atoms with E-state index in [9.17, 15) is 14.7 Å². The third kappa shape index (κ3) is 8.03. The summed E-state index contributed by atoms with van der Waals surface area (Å²) in [6.45, 7) is 3.64. The van der Waals surface area contributed by atoms with Gasteiger partial charge in [0.15, 0.2) is 17.7 Å². The third-order valence-electron chi connectivity index (χ3n) is 8.33. The number of aliphatic hydroxyl groups excluding tert-OH is 1. The van der Waals surface area contributed by atoms with E-state index in [0.29, 0.717) is 29.4 Å². The van der Waals surface area contributed by atoms with Crippen LogP contribution in [0, 0.1) is 0 Å². The lowest BCUT2D eigenvalue weighted by Crippen LogP contribution is -2.45. The van der Waals surface area contributed by atoms with Gasteiger partial charge >= 0.3 is 12.0 Å². The number of esters is 1. The molecule has 2 heterocycles. The fraction of sp³-hybridized carbons (Fsp3) is 0.175. The number of rotatable bonds is 13. The van der Waals surface area contributed by atoms with Crippen molar-refractivity contribution in [2.24, 2.45) is 5.10 Å². The van der Waals surface area contributed by atoms with Crippen LogP contribution in [0.5, 0.6) is 11.5 Å². The number of nitrogens with one attached hydrogen (secondary N) is 3. The van der Waals surface area contributed by atoms with Crippen molar-refractivity contribution in [3.8, 4) is 39.7 Å². The van der Waals surface area contributed by atoms with Gasteiger partial charge in [0.2, 0.25) is 0 Å². The number of amides is 2. The number of halogens is 1. The molecule has 6 rings (SSSR count). The first-order chi connectivity index (χ1) is 25.3. The maximum atomic E-state index is 12.6. The lowest BCUT2D eigenvalue weighted by atomic mass is 9.95. The van der Waals surface area contributed by atoms with Crippen molar-refractivity contribution in [2.45, 2.75) is 26.1 Å². The van der Waals surface area contributed by atoms with E-state index >= 15 is 0 Å². The van der Waals surface area contributed by atoms with Crippen LogP contribution in [-0.4, -0.2) is 54.4 Å². The van der Waals surface area contributed by atoms with Crippen molar-refractivity contribution in [1.29, 1.82) is 0 Å². The summed E-state index contributed by atoms with van der Waals surface area (Å²) >= 11 is 3.56. The predicted molar refractivity (Wildman–Crippen MR) is 203 cm³/mol. The Labute approximate surface area is 310 Å². The molecule has 0 unspecified atom stereocenters. The molecular weight excluding hydrogens is 726 g/mol. The molecule has 0 spiro atoms. The second kappa shape index (κ2) is 16.4. The molecule has 266 valence electrons. The predicted octanol–water partition coefficient (Wildman–Crippen LogP) is 7.09. The summed E-state index contributed by atoms with van der Waals surface area (Å²) < 4.78 is 19.9. The molecule has 1 aliphatic heterocycles. The Bertz CT molecular complexity index is 2100. The monoisotopic (exact) mass is 763 g/mol. The van der Waals surface area contributed by atoms with Crippen LogP contribution < -0.4 is 25.5 Å². The Morgan fingerprint density at radius 2 is 1.65 bits per heavy atom. The van der Waals surface area contributed by atoms with Crippen molar-refractivity contribution in [3.63, 3.8) is 0 Å². The van der Waals surface area contributed by atoms with E-state index in [1.807, 2.05) is 55.5 Å². The van der Waals surface area contributed by atoms with Crippen molar-refractivity contribution in [2.75, 3.05) is 20.3 Å². The van der Waals surface area contributed by atoms with Crippen LogP contribution in [0.1, 0.15) is 31.0 Å². The minimum Gasteiger partial charge on any atom is -0.490 e. The number of hydrogen-bond acceptors (Lipinski definition) is 8. The molecule has 0 saturated heterocycles. The molecule has 4 N–H and O–H groups in total. The summed E-state index contributed by atoms with van der Waals surface area (Å²) in [5, 5.41) is 20.7. The van der Waals surface area contributed by atoms with Crippen LogP contribution in [0.15, 0.2) is 130 Å². The first-order valence-corrected chi connectivity index (χ1v) is 17.4. The van der Waals surface area contributed by atoms with Gasteiger partial charge in [-0.25, -0.2) is 9.59 Å². The van der Waals surface area contributed by atoms with E-state index in [-0.39, 0.29) is 12.2 Å². The van der Waals surface area contributed by atoms with Gasteiger partial charge in [-0.15, -0.1) is 0 Å². The fourth-order valence-corrected chi connectivity index (χ4v) is 6.28. The lowest BCUT2D eigenvalue weighted by molar-refractivity contribution is -0.136. The van der Waals surface area contributed by atoms with Crippen molar-refractivity contribution < 1.29 is 28.9 Å². The third-order valence-corrected chi connectivity index (χ3v) is 8.86. The number of methoxy groups -OCH3 is 1. The summed E-state index contributed by atoms with van der Waals surface area (Å²) in [7, 11) is 1.28. The number of aliphatic hydroxyl groups is 1. The van der Waals surface area contributed by atoms with Crippen molar-refractivity contribution >= 4 is 34.1 Å². The molecule has 0 saturated carbocycles. The standard InChI is InChI=1S/C40H38BrN5O6/c1-4-51-34-22-28(37-36(39(48)50-3)25(2)43-40(49)44-37)15-20-33(34)52-24-35(47)45-42-23-29-21-32(26-11-7-5-8-12-26)46(31-18-16-30(41)17-19-31)38(29)27-13-9-6-10-14-27/h5-23,35,37,45,47H,4,24H2,1-3H3,(H2,43,44,49)/b42-23+/t35-,37+/m1/s1. The summed E-state index contributed by atoms with van der Waals surface area (Å²) in [6.07, 6.45) is 0.517. The number of hydrazone groups is 1. The Kier molecular flexibility index (Phi) is 11.4. The molecule has 0 bridgehead atoms. The second-order valence-electron chi connectivity index (χ2n) is 11.8. The smallest absolute Gasteiger partial charge is 0.337 e. The van der Waals surface area contributed by atoms with Crippen molar-refractivity contribution in [1.82, 2.24) is 20.6 Å². The van der Waals surface area contributed by atoms with Gasteiger partial charge in [0.25, 0.3) is 0 Å². The fourth-order valence-electron chi connectivity index (χ4n) is 6.01.